The van der Waals surface area contributed by atoms with Crippen molar-refractivity contribution >= 4 is 17.3 Å². The van der Waals surface area contributed by atoms with Crippen LogP contribution >= 0.6 is 11.6 Å². The van der Waals surface area contributed by atoms with Gasteiger partial charge in [0.2, 0.25) is 0 Å². The molecule has 21 heavy (non-hydrogen) atoms. The summed E-state index contributed by atoms with van der Waals surface area (Å²) in [4.78, 5) is 4.41. The summed E-state index contributed by atoms with van der Waals surface area (Å²) in [7, 11) is 0. The summed E-state index contributed by atoms with van der Waals surface area (Å²) in [6.45, 7) is 5.42. The van der Waals surface area contributed by atoms with Gasteiger partial charge in [-0.2, -0.15) is 10.5 Å². The molecule has 2 rings (SSSR count). The number of hydrogen-bond acceptors (Lipinski definition) is 4. The zero-order valence-corrected chi connectivity index (χ0v) is 13.0. The summed E-state index contributed by atoms with van der Waals surface area (Å²) in [5.41, 5.74) is 1.55. The maximum Gasteiger partial charge on any atom is 0.101 e. The number of rotatable bonds is 4. The first kappa shape index (κ1) is 15.6. The summed E-state index contributed by atoms with van der Waals surface area (Å²) in [5.74, 6) is 0. The van der Waals surface area contributed by atoms with Gasteiger partial charge in [0.05, 0.1) is 23.4 Å². The molecule has 0 aromatic heterocycles. The lowest BCUT2D eigenvalue weighted by atomic mass is 10.1. The van der Waals surface area contributed by atoms with Crippen molar-refractivity contribution < 1.29 is 0 Å². The molecule has 1 saturated heterocycles. The molecule has 4 nitrogen and oxygen atoms in total. The molecule has 110 valence electrons. The molecule has 1 unspecified atom stereocenters. The van der Waals surface area contributed by atoms with Crippen molar-refractivity contribution in [2.75, 3.05) is 31.1 Å². The minimum absolute atomic E-state index is 0.00643. The SMILES string of the molecule is CCCC(C#N)N1CCN(c2cc(Cl)ccc2C#N)CC1. The summed E-state index contributed by atoms with van der Waals surface area (Å²) in [5, 5.41) is 19.1. The van der Waals surface area contributed by atoms with Gasteiger partial charge >= 0.3 is 0 Å². The van der Waals surface area contributed by atoms with Gasteiger partial charge in [0, 0.05) is 31.2 Å². The van der Waals surface area contributed by atoms with Crippen LogP contribution < -0.4 is 4.90 Å². The average molecular weight is 303 g/mol. The molecule has 1 aromatic carbocycles. The van der Waals surface area contributed by atoms with Crippen molar-refractivity contribution in [1.82, 2.24) is 4.90 Å². The molecule has 1 aliphatic rings. The predicted molar refractivity (Wildman–Crippen MR) is 84.3 cm³/mol. The molecule has 0 radical (unpaired) electrons. The molecule has 0 saturated carbocycles. The highest BCUT2D eigenvalue weighted by molar-refractivity contribution is 6.30. The Bertz CT molecular complexity index is 565. The first-order valence-electron chi connectivity index (χ1n) is 7.27. The normalized spacial score (nSPS) is 17.0. The van der Waals surface area contributed by atoms with Gasteiger partial charge in [-0.3, -0.25) is 4.90 Å². The average Bonchev–Trinajstić information content (AvgIpc) is 2.53. The predicted octanol–water partition coefficient (Wildman–Crippen LogP) is 3.03. The van der Waals surface area contributed by atoms with Crippen molar-refractivity contribution in [3.05, 3.63) is 28.8 Å². The van der Waals surface area contributed by atoms with Gasteiger partial charge < -0.3 is 4.90 Å². The molecule has 0 bridgehead atoms. The number of anilines is 1. The molecule has 0 N–H and O–H groups in total. The highest BCUT2D eigenvalue weighted by Crippen LogP contribution is 2.26. The Hall–Kier alpha value is -1.75. The lowest BCUT2D eigenvalue weighted by Crippen LogP contribution is -2.50. The highest BCUT2D eigenvalue weighted by atomic mass is 35.5. The van der Waals surface area contributed by atoms with Crippen molar-refractivity contribution in [2.45, 2.75) is 25.8 Å². The van der Waals surface area contributed by atoms with Crippen LogP contribution in [0.3, 0.4) is 0 Å². The molecule has 0 amide bonds. The molecular weight excluding hydrogens is 284 g/mol. The molecular formula is C16H19ClN4. The third kappa shape index (κ3) is 3.67. The van der Waals surface area contributed by atoms with E-state index in [1.54, 1.807) is 12.1 Å². The van der Waals surface area contributed by atoms with Crippen molar-refractivity contribution in [2.24, 2.45) is 0 Å². The number of halogens is 1. The van der Waals surface area contributed by atoms with Crippen molar-refractivity contribution in [3.8, 4) is 12.1 Å². The number of hydrogen-bond donors (Lipinski definition) is 0. The van der Waals surface area contributed by atoms with Gasteiger partial charge in [0.25, 0.3) is 0 Å². The van der Waals surface area contributed by atoms with Crippen LogP contribution in [0.5, 0.6) is 0 Å². The standard InChI is InChI=1S/C16H19ClN4/c1-2-3-15(12-19)20-6-8-21(9-7-20)16-10-14(17)5-4-13(16)11-18/h4-5,10,15H,2-3,6-9H2,1H3. The van der Waals surface area contributed by atoms with E-state index in [1.807, 2.05) is 6.07 Å². The zero-order chi connectivity index (χ0) is 15.2. The second-order valence-corrected chi connectivity index (χ2v) is 5.67. The molecule has 1 aromatic rings. The number of piperazine rings is 1. The largest absolute Gasteiger partial charge is 0.368 e. The Labute approximate surface area is 131 Å². The third-order valence-electron chi connectivity index (χ3n) is 3.89. The Morgan fingerprint density at radius 2 is 1.95 bits per heavy atom. The number of benzene rings is 1. The van der Waals surface area contributed by atoms with Crippen LogP contribution in [0.4, 0.5) is 5.69 Å². The number of nitrogens with zero attached hydrogens (tertiary/aromatic N) is 4. The van der Waals surface area contributed by atoms with E-state index in [0.29, 0.717) is 10.6 Å². The van der Waals surface area contributed by atoms with E-state index in [-0.39, 0.29) is 6.04 Å². The van der Waals surface area contributed by atoms with Crippen LogP contribution in [0.25, 0.3) is 0 Å². The van der Waals surface area contributed by atoms with Gasteiger partial charge in [-0.15, -0.1) is 0 Å². The van der Waals surface area contributed by atoms with Gasteiger partial charge in [0.1, 0.15) is 6.07 Å². The van der Waals surface area contributed by atoms with E-state index in [1.165, 1.54) is 0 Å². The molecule has 0 spiro atoms. The summed E-state index contributed by atoms with van der Waals surface area (Å²) in [6, 6.07) is 9.98. The van der Waals surface area contributed by atoms with E-state index in [0.717, 1.165) is 44.7 Å². The second-order valence-electron chi connectivity index (χ2n) is 5.23. The highest BCUT2D eigenvalue weighted by Gasteiger charge is 2.24. The fourth-order valence-corrected chi connectivity index (χ4v) is 2.90. The lowest BCUT2D eigenvalue weighted by Gasteiger charge is -2.38. The molecule has 1 aliphatic heterocycles. The molecule has 1 fully saturated rings. The van der Waals surface area contributed by atoms with Crippen molar-refractivity contribution in [3.63, 3.8) is 0 Å². The fraction of sp³-hybridized carbons (Fsp3) is 0.500. The van der Waals surface area contributed by atoms with Crippen LogP contribution in [0.1, 0.15) is 25.3 Å². The van der Waals surface area contributed by atoms with Crippen LogP contribution in [-0.2, 0) is 0 Å². The van der Waals surface area contributed by atoms with Gasteiger partial charge in [0.15, 0.2) is 0 Å². The Morgan fingerprint density at radius 1 is 1.24 bits per heavy atom. The van der Waals surface area contributed by atoms with Gasteiger partial charge in [-0.1, -0.05) is 24.9 Å². The van der Waals surface area contributed by atoms with E-state index >= 15 is 0 Å². The van der Waals surface area contributed by atoms with Gasteiger partial charge in [-0.25, -0.2) is 0 Å². The maximum absolute atomic E-state index is 9.25. The van der Waals surface area contributed by atoms with E-state index < -0.39 is 0 Å². The van der Waals surface area contributed by atoms with Crippen LogP contribution in [0.2, 0.25) is 5.02 Å². The summed E-state index contributed by atoms with van der Waals surface area (Å²) >= 11 is 6.05. The molecule has 5 heteroatoms. The van der Waals surface area contributed by atoms with E-state index in [4.69, 9.17) is 11.6 Å². The molecule has 0 aliphatic carbocycles. The smallest absolute Gasteiger partial charge is 0.101 e. The minimum atomic E-state index is 0.00643. The maximum atomic E-state index is 9.25. The quantitative estimate of drug-likeness (QED) is 0.858. The topological polar surface area (TPSA) is 54.1 Å². The van der Waals surface area contributed by atoms with Crippen molar-refractivity contribution in [1.29, 1.82) is 10.5 Å². The Balaban J connectivity index is 2.06. The monoisotopic (exact) mass is 302 g/mol. The summed E-state index contributed by atoms with van der Waals surface area (Å²) < 4.78 is 0. The molecule has 1 heterocycles. The second kappa shape index (κ2) is 7.31. The molecule has 1 atom stereocenters. The minimum Gasteiger partial charge on any atom is -0.368 e. The fourth-order valence-electron chi connectivity index (χ4n) is 2.74. The van der Waals surface area contributed by atoms with Crippen LogP contribution in [0.15, 0.2) is 18.2 Å². The third-order valence-corrected chi connectivity index (χ3v) is 4.12. The van der Waals surface area contributed by atoms with Crippen LogP contribution in [0, 0.1) is 22.7 Å². The number of nitriles is 2. The first-order chi connectivity index (χ1) is 10.2. The first-order valence-corrected chi connectivity index (χ1v) is 7.65. The Morgan fingerprint density at radius 3 is 2.52 bits per heavy atom. The lowest BCUT2D eigenvalue weighted by molar-refractivity contribution is 0.211. The zero-order valence-electron chi connectivity index (χ0n) is 12.2. The summed E-state index contributed by atoms with van der Waals surface area (Å²) in [6.07, 6.45) is 1.93. The van der Waals surface area contributed by atoms with Crippen LogP contribution in [-0.4, -0.2) is 37.1 Å². The van der Waals surface area contributed by atoms with Gasteiger partial charge in [-0.05, 0) is 24.6 Å². The van der Waals surface area contributed by atoms with E-state index in [2.05, 4.69) is 28.9 Å². The van der Waals surface area contributed by atoms with E-state index in [9.17, 15) is 10.5 Å². The Kier molecular flexibility index (Phi) is 5.44.